The maximum absolute atomic E-state index is 12.9. The molecule has 0 spiro atoms. The molecule has 0 aliphatic carbocycles. The first-order valence-corrected chi connectivity index (χ1v) is 11.2. The van der Waals surface area contributed by atoms with Gasteiger partial charge in [-0.2, -0.15) is 0 Å². The molecule has 5 rings (SSSR count). The Morgan fingerprint density at radius 3 is 2.90 bits per heavy atom. The number of nitrogens with one attached hydrogen (secondary N) is 1. The summed E-state index contributed by atoms with van der Waals surface area (Å²) in [6.45, 7) is 4.10. The average Bonchev–Trinajstić information content (AvgIpc) is 3.48. The number of rotatable bonds is 5. The van der Waals surface area contributed by atoms with E-state index in [0.29, 0.717) is 21.8 Å². The van der Waals surface area contributed by atoms with Gasteiger partial charge in [-0.05, 0) is 37.6 Å². The zero-order chi connectivity index (χ0) is 20.7. The molecule has 0 fully saturated rings. The fraction of sp³-hybridized carbons (Fsp3) is 0.136. The molecule has 8 heteroatoms. The second kappa shape index (κ2) is 7.62. The third-order valence-electron chi connectivity index (χ3n) is 4.90. The van der Waals surface area contributed by atoms with Gasteiger partial charge < -0.3 is 9.40 Å². The van der Waals surface area contributed by atoms with Crippen LogP contribution in [0.15, 0.2) is 74.8 Å². The van der Waals surface area contributed by atoms with E-state index in [4.69, 9.17) is 9.40 Å². The molecule has 150 valence electrons. The summed E-state index contributed by atoms with van der Waals surface area (Å²) in [5.74, 6) is 1.30. The van der Waals surface area contributed by atoms with Crippen LogP contribution in [0, 0.1) is 6.92 Å². The van der Waals surface area contributed by atoms with Crippen molar-refractivity contribution in [1.82, 2.24) is 19.5 Å². The van der Waals surface area contributed by atoms with E-state index in [2.05, 4.69) is 33.6 Å². The van der Waals surface area contributed by atoms with Gasteiger partial charge in [-0.3, -0.25) is 9.36 Å². The van der Waals surface area contributed by atoms with Crippen molar-refractivity contribution in [2.24, 2.45) is 0 Å². The first-order chi connectivity index (χ1) is 14.6. The molecular weight excluding hydrogens is 416 g/mol. The predicted molar refractivity (Wildman–Crippen MR) is 121 cm³/mol. The third kappa shape index (κ3) is 3.28. The maximum atomic E-state index is 12.9. The predicted octanol–water partition coefficient (Wildman–Crippen LogP) is 5.59. The van der Waals surface area contributed by atoms with Crippen LogP contribution in [0.25, 0.3) is 27.2 Å². The first kappa shape index (κ1) is 18.9. The lowest BCUT2D eigenvalue weighted by Crippen LogP contribution is -2.12. The zero-order valence-corrected chi connectivity index (χ0v) is 18.0. The highest BCUT2D eigenvalue weighted by Gasteiger charge is 2.19. The number of aromatic nitrogens is 4. The highest BCUT2D eigenvalue weighted by Crippen LogP contribution is 2.36. The van der Waals surface area contributed by atoms with Crippen LogP contribution in [0.2, 0.25) is 0 Å². The molecule has 4 heterocycles. The van der Waals surface area contributed by atoms with Gasteiger partial charge in [0.1, 0.15) is 16.4 Å². The van der Waals surface area contributed by atoms with Crippen LogP contribution in [-0.4, -0.2) is 19.5 Å². The molecule has 0 bridgehead atoms. The number of hydrogen-bond donors (Lipinski definition) is 1. The summed E-state index contributed by atoms with van der Waals surface area (Å²) in [6, 6.07) is 11.8. The van der Waals surface area contributed by atoms with Crippen molar-refractivity contribution in [2.75, 3.05) is 0 Å². The topological polar surface area (TPSA) is 76.7 Å². The Morgan fingerprint density at radius 2 is 2.10 bits per heavy atom. The average molecular weight is 435 g/mol. The largest absolute Gasteiger partial charge is 0.464 e. The Bertz CT molecular complexity index is 1380. The molecule has 1 unspecified atom stereocenters. The Hall–Kier alpha value is -3.10. The van der Waals surface area contributed by atoms with E-state index < -0.39 is 0 Å². The van der Waals surface area contributed by atoms with E-state index in [1.807, 2.05) is 42.8 Å². The highest BCUT2D eigenvalue weighted by atomic mass is 32.2. The summed E-state index contributed by atoms with van der Waals surface area (Å²) < 4.78 is 7.53. The van der Waals surface area contributed by atoms with E-state index in [0.717, 1.165) is 16.4 Å². The molecule has 1 atom stereocenters. The molecule has 6 nitrogen and oxygen atoms in total. The number of hydrogen-bond acceptors (Lipinski definition) is 6. The van der Waals surface area contributed by atoms with Crippen molar-refractivity contribution in [3.63, 3.8) is 0 Å². The maximum Gasteiger partial charge on any atom is 0.260 e. The Balaban J connectivity index is 1.48. The number of aryl methyl sites for hydroxylation is 1. The van der Waals surface area contributed by atoms with Crippen LogP contribution in [-0.2, 0) is 0 Å². The standard InChI is InChI=1S/C22H18N4O2S2/c1-13-6-3-4-7-16(13)26-10-9-23-22(26)30-14(2)19-24-20(27)18-15(12-29-21(18)25-19)17-8-5-11-28-17/h3-12,14H,1-2H3,(H,24,25,27). The van der Waals surface area contributed by atoms with Crippen molar-refractivity contribution < 1.29 is 4.42 Å². The van der Waals surface area contributed by atoms with Gasteiger partial charge in [0, 0.05) is 23.3 Å². The lowest BCUT2D eigenvalue weighted by molar-refractivity contribution is 0.583. The van der Waals surface area contributed by atoms with E-state index in [1.54, 1.807) is 24.2 Å². The van der Waals surface area contributed by atoms with Crippen LogP contribution in [0.3, 0.4) is 0 Å². The van der Waals surface area contributed by atoms with Crippen LogP contribution in [0.5, 0.6) is 0 Å². The van der Waals surface area contributed by atoms with Gasteiger partial charge in [-0.15, -0.1) is 11.3 Å². The number of furan rings is 1. The minimum Gasteiger partial charge on any atom is -0.464 e. The summed E-state index contributed by atoms with van der Waals surface area (Å²) in [4.78, 5) is 25.8. The number of para-hydroxylation sites is 1. The number of nitrogens with zero attached hydrogens (tertiary/aromatic N) is 3. The molecule has 1 aromatic carbocycles. The minimum atomic E-state index is -0.155. The van der Waals surface area contributed by atoms with Crippen molar-refractivity contribution in [3.05, 3.63) is 82.2 Å². The minimum absolute atomic E-state index is 0.0820. The van der Waals surface area contributed by atoms with Crippen molar-refractivity contribution in [3.8, 4) is 17.0 Å². The molecule has 30 heavy (non-hydrogen) atoms. The van der Waals surface area contributed by atoms with Gasteiger partial charge >= 0.3 is 0 Å². The summed E-state index contributed by atoms with van der Waals surface area (Å²) in [7, 11) is 0. The third-order valence-corrected chi connectivity index (χ3v) is 6.86. The Kier molecular flexibility index (Phi) is 4.80. The van der Waals surface area contributed by atoms with Gasteiger partial charge in [0.15, 0.2) is 5.16 Å². The van der Waals surface area contributed by atoms with Crippen LogP contribution in [0.4, 0.5) is 0 Å². The van der Waals surface area contributed by atoms with Crippen molar-refractivity contribution in [1.29, 1.82) is 0 Å². The lowest BCUT2D eigenvalue weighted by atomic mass is 10.2. The van der Waals surface area contributed by atoms with Crippen molar-refractivity contribution in [2.45, 2.75) is 24.3 Å². The van der Waals surface area contributed by atoms with Gasteiger partial charge in [0.25, 0.3) is 5.56 Å². The number of imidazole rings is 1. The second-order valence-corrected chi connectivity index (χ2v) is 9.05. The van der Waals surface area contributed by atoms with Crippen LogP contribution in [0.1, 0.15) is 23.6 Å². The molecule has 5 aromatic rings. The fourth-order valence-electron chi connectivity index (χ4n) is 3.38. The molecular formula is C22H18N4O2S2. The molecule has 4 aromatic heterocycles. The van der Waals surface area contributed by atoms with E-state index in [9.17, 15) is 4.79 Å². The lowest BCUT2D eigenvalue weighted by Gasteiger charge is -2.13. The van der Waals surface area contributed by atoms with Gasteiger partial charge in [-0.25, -0.2) is 9.97 Å². The Labute approximate surface area is 180 Å². The quantitative estimate of drug-likeness (QED) is 0.365. The fourth-order valence-corrected chi connectivity index (χ4v) is 5.25. The SMILES string of the molecule is Cc1ccccc1-n1ccnc1SC(C)c1nc2scc(-c3ccco3)c2c(=O)[nH]1. The molecule has 0 saturated carbocycles. The summed E-state index contributed by atoms with van der Waals surface area (Å²) >= 11 is 3.01. The Morgan fingerprint density at radius 1 is 1.23 bits per heavy atom. The van der Waals surface area contributed by atoms with Crippen LogP contribution < -0.4 is 5.56 Å². The normalized spacial score (nSPS) is 12.5. The van der Waals surface area contributed by atoms with Crippen LogP contribution >= 0.6 is 23.1 Å². The summed E-state index contributed by atoms with van der Waals surface area (Å²) in [6.07, 6.45) is 5.34. The van der Waals surface area contributed by atoms with Crippen molar-refractivity contribution >= 4 is 33.3 Å². The summed E-state index contributed by atoms with van der Waals surface area (Å²) in [5, 5.41) is 3.25. The number of aromatic amines is 1. The number of thioether (sulfide) groups is 1. The molecule has 1 N–H and O–H groups in total. The number of benzene rings is 1. The number of H-pyrrole nitrogens is 1. The second-order valence-electron chi connectivity index (χ2n) is 6.88. The monoisotopic (exact) mass is 434 g/mol. The first-order valence-electron chi connectivity index (χ1n) is 9.43. The molecule has 0 aliphatic heterocycles. The zero-order valence-electron chi connectivity index (χ0n) is 16.3. The molecule has 0 saturated heterocycles. The van der Waals surface area contributed by atoms with E-state index >= 15 is 0 Å². The number of fused-ring (bicyclic) bond motifs is 1. The molecule has 0 amide bonds. The smallest absolute Gasteiger partial charge is 0.260 e. The van der Waals surface area contributed by atoms with Gasteiger partial charge in [0.05, 0.1) is 22.6 Å². The number of thiophene rings is 1. The van der Waals surface area contributed by atoms with E-state index in [-0.39, 0.29) is 10.8 Å². The molecule has 0 aliphatic rings. The summed E-state index contributed by atoms with van der Waals surface area (Å²) in [5.41, 5.74) is 2.87. The van der Waals surface area contributed by atoms with Gasteiger partial charge in [0.2, 0.25) is 0 Å². The van der Waals surface area contributed by atoms with E-state index in [1.165, 1.54) is 16.9 Å². The molecule has 0 radical (unpaired) electrons. The van der Waals surface area contributed by atoms with Gasteiger partial charge in [-0.1, -0.05) is 30.0 Å². The highest BCUT2D eigenvalue weighted by molar-refractivity contribution is 7.99.